The second kappa shape index (κ2) is 5.40. The lowest BCUT2D eigenvalue weighted by atomic mass is 9.37. The van der Waals surface area contributed by atoms with Gasteiger partial charge in [0.1, 0.15) is 0 Å². The molecule has 118 valence electrons. The predicted octanol–water partition coefficient (Wildman–Crippen LogP) is 2.20. The van der Waals surface area contributed by atoms with Gasteiger partial charge in [0, 0.05) is 19.3 Å². The average Bonchev–Trinajstić information content (AvgIpc) is 2.42. The Hall–Kier alpha value is -0.870. The number of rotatable bonds is 6. The molecule has 0 aliphatic heterocycles. The SMILES string of the molecule is O=C(O)C=CC12CC3CC(CC(C3)C1(CCO)CCO)C2. The van der Waals surface area contributed by atoms with Gasteiger partial charge in [-0.15, -0.1) is 0 Å². The maximum absolute atomic E-state index is 11.0. The molecule has 2 unspecified atom stereocenters. The fraction of sp³-hybridized carbons (Fsp3) is 0.824. The van der Waals surface area contributed by atoms with Crippen LogP contribution in [0, 0.1) is 28.6 Å². The molecule has 4 heteroatoms. The van der Waals surface area contributed by atoms with E-state index >= 15 is 0 Å². The molecular formula is C17H26O4. The van der Waals surface area contributed by atoms with Crippen LogP contribution < -0.4 is 0 Å². The molecule has 4 bridgehead atoms. The number of allylic oxidation sites excluding steroid dienone is 1. The molecule has 4 rings (SSSR count). The van der Waals surface area contributed by atoms with Crippen molar-refractivity contribution in [2.75, 3.05) is 13.2 Å². The van der Waals surface area contributed by atoms with Gasteiger partial charge in [-0.3, -0.25) is 0 Å². The summed E-state index contributed by atoms with van der Waals surface area (Å²) < 4.78 is 0. The van der Waals surface area contributed by atoms with Crippen LogP contribution in [-0.2, 0) is 4.79 Å². The number of aliphatic hydroxyl groups excluding tert-OH is 2. The van der Waals surface area contributed by atoms with Crippen molar-refractivity contribution in [1.82, 2.24) is 0 Å². The van der Waals surface area contributed by atoms with Gasteiger partial charge in [-0.2, -0.15) is 0 Å². The van der Waals surface area contributed by atoms with Crippen LogP contribution >= 0.6 is 0 Å². The largest absolute Gasteiger partial charge is 0.478 e. The van der Waals surface area contributed by atoms with Gasteiger partial charge in [-0.05, 0) is 73.5 Å². The van der Waals surface area contributed by atoms with Crippen LogP contribution in [0.25, 0.3) is 0 Å². The highest BCUT2D eigenvalue weighted by Crippen LogP contribution is 2.71. The van der Waals surface area contributed by atoms with E-state index in [9.17, 15) is 15.0 Å². The molecule has 21 heavy (non-hydrogen) atoms. The van der Waals surface area contributed by atoms with Crippen LogP contribution in [-0.4, -0.2) is 34.5 Å². The Bertz CT molecular complexity index is 422. The summed E-state index contributed by atoms with van der Waals surface area (Å²) in [5.41, 5.74) is -0.249. The van der Waals surface area contributed by atoms with Crippen molar-refractivity contribution in [3.8, 4) is 0 Å². The monoisotopic (exact) mass is 294 g/mol. The quantitative estimate of drug-likeness (QED) is 0.656. The lowest BCUT2D eigenvalue weighted by molar-refractivity contribution is -0.169. The molecule has 0 spiro atoms. The van der Waals surface area contributed by atoms with Gasteiger partial charge >= 0.3 is 5.97 Å². The third-order valence-electron chi connectivity index (χ3n) is 6.64. The molecule has 3 N–H and O–H groups in total. The van der Waals surface area contributed by atoms with Gasteiger partial charge in [0.15, 0.2) is 0 Å². The zero-order valence-corrected chi connectivity index (χ0v) is 12.5. The molecule has 2 atom stereocenters. The van der Waals surface area contributed by atoms with Crippen LogP contribution in [0.1, 0.15) is 44.9 Å². The standard InChI is InChI=1S/C17H26O4/c18-5-3-17(4-6-19)14-8-12-7-13(9-14)11-16(17,10-12)2-1-15(20)21/h1-2,12-14,18-19H,3-11H2,(H,20,21). The second-order valence-corrected chi connectivity index (χ2v) is 7.48. The summed E-state index contributed by atoms with van der Waals surface area (Å²) in [7, 11) is 0. The van der Waals surface area contributed by atoms with Gasteiger partial charge < -0.3 is 15.3 Å². The Kier molecular flexibility index (Phi) is 3.87. The van der Waals surface area contributed by atoms with Crippen LogP contribution in [0.5, 0.6) is 0 Å². The van der Waals surface area contributed by atoms with E-state index in [4.69, 9.17) is 5.11 Å². The van der Waals surface area contributed by atoms with Crippen molar-refractivity contribution >= 4 is 5.97 Å². The van der Waals surface area contributed by atoms with E-state index in [1.165, 1.54) is 25.3 Å². The molecule has 0 aromatic rings. The first-order chi connectivity index (χ1) is 10.0. The summed E-state index contributed by atoms with van der Waals surface area (Å²) in [6.45, 7) is 0.239. The minimum atomic E-state index is -0.896. The van der Waals surface area contributed by atoms with Crippen molar-refractivity contribution in [1.29, 1.82) is 0 Å². The first-order valence-electron chi connectivity index (χ1n) is 8.19. The highest BCUT2D eigenvalue weighted by Gasteiger charge is 2.63. The Morgan fingerprint density at radius 1 is 1.05 bits per heavy atom. The highest BCUT2D eigenvalue weighted by atomic mass is 16.4. The van der Waals surface area contributed by atoms with Gasteiger partial charge in [0.05, 0.1) is 0 Å². The maximum atomic E-state index is 11.0. The van der Waals surface area contributed by atoms with Crippen molar-refractivity contribution < 1.29 is 20.1 Å². The van der Waals surface area contributed by atoms with Crippen molar-refractivity contribution in [3.05, 3.63) is 12.2 Å². The number of aliphatic hydroxyl groups is 2. The number of carbonyl (C=O) groups is 1. The van der Waals surface area contributed by atoms with Crippen molar-refractivity contribution in [3.63, 3.8) is 0 Å². The first-order valence-corrected chi connectivity index (χ1v) is 8.19. The van der Waals surface area contributed by atoms with Crippen molar-refractivity contribution in [2.24, 2.45) is 28.6 Å². The fourth-order valence-corrected chi connectivity index (χ4v) is 6.24. The van der Waals surface area contributed by atoms with E-state index < -0.39 is 5.97 Å². The lowest BCUT2D eigenvalue weighted by Crippen LogP contribution is -2.59. The fourth-order valence-electron chi connectivity index (χ4n) is 6.24. The van der Waals surface area contributed by atoms with E-state index in [1.807, 2.05) is 6.08 Å². The van der Waals surface area contributed by atoms with Crippen LogP contribution in [0.2, 0.25) is 0 Å². The Labute approximate surface area is 125 Å². The zero-order valence-electron chi connectivity index (χ0n) is 12.5. The second-order valence-electron chi connectivity index (χ2n) is 7.48. The summed E-state index contributed by atoms with van der Waals surface area (Å²) in [5.74, 6) is 1.03. The molecule has 0 heterocycles. The smallest absolute Gasteiger partial charge is 0.327 e. The summed E-state index contributed by atoms with van der Waals surface area (Å²) in [4.78, 5) is 11.0. The Morgan fingerprint density at radius 3 is 2.10 bits per heavy atom. The van der Waals surface area contributed by atoms with Gasteiger partial charge in [0.2, 0.25) is 0 Å². The van der Waals surface area contributed by atoms with E-state index in [1.54, 1.807) is 0 Å². The number of aliphatic carboxylic acids is 1. The minimum absolute atomic E-state index is 0.115. The first kappa shape index (κ1) is 15.0. The number of hydrogen-bond donors (Lipinski definition) is 3. The van der Waals surface area contributed by atoms with Gasteiger partial charge in [-0.1, -0.05) is 6.08 Å². The van der Waals surface area contributed by atoms with Crippen molar-refractivity contribution in [2.45, 2.75) is 44.9 Å². The molecule has 0 saturated heterocycles. The molecule has 4 aliphatic carbocycles. The molecular weight excluding hydrogens is 268 g/mol. The third kappa shape index (κ3) is 2.23. The summed E-state index contributed by atoms with van der Waals surface area (Å²) in [5, 5.41) is 28.3. The van der Waals surface area contributed by atoms with E-state index in [0.717, 1.165) is 12.8 Å². The Morgan fingerprint density at radius 2 is 1.62 bits per heavy atom. The topological polar surface area (TPSA) is 77.8 Å². The molecule has 4 saturated carbocycles. The Balaban J connectivity index is 2.03. The summed E-state index contributed by atoms with van der Waals surface area (Å²) >= 11 is 0. The maximum Gasteiger partial charge on any atom is 0.327 e. The molecule has 4 aliphatic rings. The third-order valence-corrected chi connectivity index (χ3v) is 6.64. The van der Waals surface area contributed by atoms with Gasteiger partial charge in [-0.25, -0.2) is 4.79 Å². The molecule has 4 nitrogen and oxygen atoms in total. The molecule has 0 aromatic heterocycles. The van der Waals surface area contributed by atoms with E-state index in [-0.39, 0.29) is 24.0 Å². The van der Waals surface area contributed by atoms with E-state index in [2.05, 4.69) is 0 Å². The minimum Gasteiger partial charge on any atom is -0.478 e. The predicted molar refractivity (Wildman–Crippen MR) is 78.6 cm³/mol. The zero-order chi connectivity index (χ0) is 15.1. The molecule has 0 radical (unpaired) electrons. The normalized spacial score (nSPS) is 40.0. The molecule has 0 amide bonds. The van der Waals surface area contributed by atoms with Gasteiger partial charge in [0.25, 0.3) is 0 Å². The van der Waals surface area contributed by atoms with Crippen LogP contribution in [0.4, 0.5) is 0 Å². The highest BCUT2D eigenvalue weighted by molar-refractivity contribution is 5.79. The van der Waals surface area contributed by atoms with E-state index in [0.29, 0.717) is 30.6 Å². The number of carboxylic acids is 1. The summed E-state index contributed by atoms with van der Waals surface area (Å²) in [6, 6.07) is 0. The van der Waals surface area contributed by atoms with Crippen LogP contribution in [0.3, 0.4) is 0 Å². The molecule has 0 aromatic carbocycles. The van der Waals surface area contributed by atoms with Crippen LogP contribution in [0.15, 0.2) is 12.2 Å². The average molecular weight is 294 g/mol. The summed E-state index contributed by atoms with van der Waals surface area (Å²) in [6.07, 6.45) is 10.3. The molecule has 4 fully saturated rings. The number of carboxylic acid groups (broad SMARTS) is 1. The lowest BCUT2D eigenvalue weighted by Gasteiger charge is -2.67. The number of hydrogen-bond acceptors (Lipinski definition) is 3.